The maximum atomic E-state index is 13.5. The van der Waals surface area contributed by atoms with Crippen LogP contribution in [0.25, 0.3) is 0 Å². The summed E-state index contributed by atoms with van der Waals surface area (Å²) in [5, 5.41) is 3.25. The molecule has 0 saturated carbocycles. The van der Waals surface area contributed by atoms with Gasteiger partial charge in [-0.05, 0) is 24.6 Å². The molecule has 6 heteroatoms. The minimum Gasteiger partial charge on any atom is -0.436 e. The first-order valence-electron chi connectivity index (χ1n) is 7.27. The standard InChI is InChI=1S/C16H18FN3O2/c1-10-15(22-11(2)19-10)16(21)20-7-6-18-9-14(20)12-4-3-5-13(17)8-12/h3-5,8,14,18H,6-7,9H2,1-2H3. The topological polar surface area (TPSA) is 58.4 Å². The van der Waals surface area contributed by atoms with Crippen molar-refractivity contribution in [1.29, 1.82) is 0 Å². The Hall–Kier alpha value is -2.21. The van der Waals surface area contributed by atoms with Crippen molar-refractivity contribution in [2.75, 3.05) is 19.6 Å². The van der Waals surface area contributed by atoms with Gasteiger partial charge in [-0.3, -0.25) is 4.79 Å². The molecular formula is C16H18FN3O2. The quantitative estimate of drug-likeness (QED) is 0.924. The molecule has 2 heterocycles. The molecule has 22 heavy (non-hydrogen) atoms. The molecule has 2 aromatic rings. The lowest BCUT2D eigenvalue weighted by Crippen LogP contribution is -2.48. The molecule has 1 N–H and O–H groups in total. The van der Waals surface area contributed by atoms with Crippen LogP contribution in [0, 0.1) is 19.7 Å². The number of halogens is 1. The fourth-order valence-electron chi connectivity index (χ4n) is 2.82. The molecule has 1 aromatic carbocycles. The molecule has 1 saturated heterocycles. The molecule has 0 bridgehead atoms. The number of carbonyl (C=O) groups is 1. The maximum absolute atomic E-state index is 13.5. The lowest BCUT2D eigenvalue weighted by molar-refractivity contribution is 0.0599. The van der Waals surface area contributed by atoms with Crippen LogP contribution < -0.4 is 5.32 Å². The number of amides is 1. The van der Waals surface area contributed by atoms with Crippen molar-refractivity contribution in [1.82, 2.24) is 15.2 Å². The number of aryl methyl sites for hydroxylation is 2. The Labute approximate surface area is 128 Å². The van der Waals surface area contributed by atoms with E-state index in [-0.39, 0.29) is 23.5 Å². The van der Waals surface area contributed by atoms with Gasteiger partial charge in [-0.2, -0.15) is 0 Å². The summed E-state index contributed by atoms with van der Waals surface area (Å²) in [6.07, 6.45) is 0. The molecule has 1 amide bonds. The zero-order chi connectivity index (χ0) is 15.7. The van der Waals surface area contributed by atoms with Crippen LogP contribution in [0.1, 0.15) is 33.7 Å². The Balaban J connectivity index is 1.92. The number of piperazine rings is 1. The van der Waals surface area contributed by atoms with Crippen LogP contribution in [0.2, 0.25) is 0 Å². The first-order valence-corrected chi connectivity index (χ1v) is 7.27. The number of hydrogen-bond donors (Lipinski definition) is 1. The van der Waals surface area contributed by atoms with Gasteiger partial charge in [0.05, 0.1) is 11.7 Å². The van der Waals surface area contributed by atoms with E-state index in [1.807, 2.05) is 6.07 Å². The van der Waals surface area contributed by atoms with Crippen LogP contribution in [-0.2, 0) is 0 Å². The Kier molecular flexibility index (Phi) is 3.94. The number of nitrogens with one attached hydrogen (secondary N) is 1. The molecule has 1 aliphatic rings. The second-order valence-electron chi connectivity index (χ2n) is 5.42. The lowest BCUT2D eigenvalue weighted by Gasteiger charge is -2.36. The molecule has 1 unspecified atom stereocenters. The largest absolute Gasteiger partial charge is 0.436 e. The van der Waals surface area contributed by atoms with Crippen LogP contribution in [0.15, 0.2) is 28.7 Å². The van der Waals surface area contributed by atoms with E-state index in [1.165, 1.54) is 12.1 Å². The highest BCUT2D eigenvalue weighted by Crippen LogP contribution is 2.25. The third kappa shape index (κ3) is 2.74. The van der Waals surface area contributed by atoms with Gasteiger partial charge < -0.3 is 14.6 Å². The van der Waals surface area contributed by atoms with Gasteiger partial charge >= 0.3 is 0 Å². The van der Waals surface area contributed by atoms with E-state index in [0.717, 1.165) is 5.56 Å². The molecule has 116 valence electrons. The summed E-state index contributed by atoms with van der Waals surface area (Å²) in [6, 6.07) is 6.14. The molecule has 3 rings (SSSR count). The van der Waals surface area contributed by atoms with Crippen molar-refractivity contribution in [3.63, 3.8) is 0 Å². The summed E-state index contributed by atoms with van der Waals surface area (Å²) in [5.41, 5.74) is 1.36. The Bertz CT molecular complexity index is 698. The van der Waals surface area contributed by atoms with Crippen molar-refractivity contribution in [3.05, 3.63) is 53.0 Å². The molecule has 5 nitrogen and oxygen atoms in total. The van der Waals surface area contributed by atoms with E-state index >= 15 is 0 Å². The number of rotatable bonds is 2. The Morgan fingerprint density at radius 1 is 1.45 bits per heavy atom. The van der Waals surface area contributed by atoms with Crippen molar-refractivity contribution in [3.8, 4) is 0 Å². The van der Waals surface area contributed by atoms with Crippen molar-refractivity contribution < 1.29 is 13.6 Å². The van der Waals surface area contributed by atoms with Gasteiger partial charge in [-0.25, -0.2) is 9.37 Å². The first kappa shape index (κ1) is 14.7. The fraction of sp³-hybridized carbons (Fsp3) is 0.375. The highest BCUT2D eigenvalue weighted by Gasteiger charge is 2.31. The number of carbonyl (C=O) groups excluding carboxylic acids is 1. The third-order valence-electron chi connectivity index (χ3n) is 3.84. The zero-order valence-corrected chi connectivity index (χ0v) is 12.6. The predicted molar refractivity (Wildman–Crippen MR) is 79.0 cm³/mol. The van der Waals surface area contributed by atoms with Gasteiger partial charge in [0, 0.05) is 26.6 Å². The van der Waals surface area contributed by atoms with Gasteiger partial charge in [-0.15, -0.1) is 0 Å². The van der Waals surface area contributed by atoms with Gasteiger partial charge in [0.25, 0.3) is 5.91 Å². The Morgan fingerprint density at radius 2 is 2.27 bits per heavy atom. The summed E-state index contributed by atoms with van der Waals surface area (Å²) in [6.45, 7) is 5.29. The summed E-state index contributed by atoms with van der Waals surface area (Å²) in [7, 11) is 0. The van der Waals surface area contributed by atoms with E-state index in [2.05, 4.69) is 10.3 Å². The molecule has 0 spiro atoms. The maximum Gasteiger partial charge on any atom is 0.292 e. The second kappa shape index (κ2) is 5.88. The summed E-state index contributed by atoms with van der Waals surface area (Å²) in [4.78, 5) is 18.6. The van der Waals surface area contributed by atoms with Gasteiger partial charge in [-0.1, -0.05) is 12.1 Å². The monoisotopic (exact) mass is 303 g/mol. The average Bonchev–Trinajstić information content (AvgIpc) is 2.85. The SMILES string of the molecule is Cc1nc(C)c(C(=O)N2CCNCC2c2cccc(F)c2)o1. The predicted octanol–water partition coefficient (Wildman–Crippen LogP) is 2.22. The zero-order valence-electron chi connectivity index (χ0n) is 12.6. The van der Waals surface area contributed by atoms with Gasteiger partial charge in [0.1, 0.15) is 5.82 Å². The number of benzene rings is 1. The molecule has 1 aliphatic heterocycles. The van der Waals surface area contributed by atoms with E-state index in [1.54, 1.807) is 24.8 Å². The molecule has 1 aromatic heterocycles. The third-order valence-corrected chi connectivity index (χ3v) is 3.84. The van der Waals surface area contributed by atoms with E-state index < -0.39 is 0 Å². The number of aromatic nitrogens is 1. The normalized spacial score (nSPS) is 18.5. The average molecular weight is 303 g/mol. The van der Waals surface area contributed by atoms with E-state index in [4.69, 9.17) is 4.42 Å². The van der Waals surface area contributed by atoms with Crippen LogP contribution >= 0.6 is 0 Å². The number of hydrogen-bond acceptors (Lipinski definition) is 4. The minimum absolute atomic E-state index is 0.200. The molecular weight excluding hydrogens is 285 g/mol. The van der Waals surface area contributed by atoms with Crippen LogP contribution in [0.4, 0.5) is 4.39 Å². The number of oxazole rings is 1. The van der Waals surface area contributed by atoms with E-state index in [9.17, 15) is 9.18 Å². The van der Waals surface area contributed by atoms with Crippen LogP contribution in [0.5, 0.6) is 0 Å². The van der Waals surface area contributed by atoms with Crippen molar-refractivity contribution >= 4 is 5.91 Å². The first-order chi connectivity index (χ1) is 10.6. The molecule has 0 radical (unpaired) electrons. The van der Waals surface area contributed by atoms with Crippen molar-refractivity contribution in [2.45, 2.75) is 19.9 Å². The Morgan fingerprint density at radius 3 is 2.95 bits per heavy atom. The smallest absolute Gasteiger partial charge is 0.292 e. The molecule has 0 aliphatic carbocycles. The van der Waals surface area contributed by atoms with Crippen LogP contribution in [0.3, 0.4) is 0 Å². The van der Waals surface area contributed by atoms with E-state index in [0.29, 0.717) is 31.2 Å². The summed E-state index contributed by atoms with van der Waals surface area (Å²) < 4.78 is 18.9. The highest BCUT2D eigenvalue weighted by atomic mass is 19.1. The summed E-state index contributed by atoms with van der Waals surface area (Å²) in [5.74, 6) is 0.232. The summed E-state index contributed by atoms with van der Waals surface area (Å²) >= 11 is 0. The fourth-order valence-corrected chi connectivity index (χ4v) is 2.82. The second-order valence-corrected chi connectivity index (χ2v) is 5.42. The van der Waals surface area contributed by atoms with Gasteiger partial charge in [0.2, 0.25) is 5.76 Å². The number of nitrogens with zero attached hydrogens (tertiary/aromatic N) is 2. The highest BCUT2D eigenvalue weighted by molar-refractivity contribution is 5.92. The van der Waals surface area contributed by atoms with Crippen LogP contribution in [-0.4, -0.2) is 35.4 Å². The minimum atomic E-state index is -0.304. The van der Waals surface area contributed by atoms with Gasteiger partial charge in [0.15, 0.2) is 5.89 Å². The lowest BCUT2D eigenvalue weighted by atomic mass is 10.0. The molecule has 1 fully saturated rings. The van der Waals surface area contributed by atoms with Crippen molar-refractivity contribution in [2.24, 2.45) is 0 Å². The molecule has 1 atom stereocenters.